The maximum atomic E-state index is 6.68. The number of hydrogen-bond acceptors (Lipinski definition) is 10. The summed E-state index contributed by atoms with van der Waals surface area (Å²) < 4.78 is 34.6. The zero-order chi connectivity index (χ0) is 28.2. The first-order valence-electron chi connectivity index (χ1n) is 13.2. The Hall–Kier alpha value is -3.49. The molecule has 3 atom stereocenters. The molecule has 0 saturated carbocycles. The minimum atomic E-state index is -0.136. The van der Waals surface area contributed by atoms with E-state index in [4.69, 9.17) is 40.0 Å². The molecule has 0 spiro atoms. The molecule has 10 nitrogen and oxygen atoms in total. The van der Waals surface area contributed by atoms with Gasteiger partial charge in [0.25, 0.3) is 0 Å². The molecule has 1 fully saturated rings. The van der Waals surface area contributed by atoms with Crippen molar-refractivity contribution in [3.05, 3.63) is 35.1 Å². The maximum absolute atomic E-state index is 6.68. The number of morpholine rings is 1. The van der Waals surface area contributed by atoms with Crippen LogP contribution in [-0.4, -0.2) is 74.0 Å². The average Bonchev–Trinajstić information content (AvgIpc) is 3.43. The van der Waals surface area contributed by atoms with E-state index in [1.54, 1.807) is 20.3 Å². The van der Waals surface area contributed by atoms with Crippen molar-refractivity contribution in [3.8, 4) is 34.8 Å². The van der Waals surface area contributed by atoms with Crippen LogP contribution in [0.4, 0.5) is 11.5 Å². The van der Waals surface area contributed by atoms with Crippen molar-refractivity contribution < 1.29 is 28.4 Å². The maximum Gasteiger partial charge on any atom is 0.231 e. The van der Waals surface area contributed by atoms with Crippen LogP contribution in [0.2, 0.25) is 5.02 Å². The minimum Gasteiger partial charge on any atom is -0.493 e. The standard InChI is InChI=1S/C29H33ClN4O6/c1-6-25(34-13-17(2)39-18(3)14-34)40-24-12-22-20(11-23(24)36-5)29(32-15-31-22)33-26-21(30)10-19(8-7-9-35-4)27-28(26)38-16-37-27/h10-12,15,17-18,25H,6,9,13-14,16H2,1-5H3,(H,31,32,33)/t17-,18+,25?. The predicted molar refractivity (Wildman–Crippen MR) is 152 cm³/mol. The third-order valence-corrected chi connectivity index (χ3v) is 6.96. The Bertz CT molecular complexity index is 1430. The van der Waals surface area contributed by atoms with Crippen molar-refractivity contribution in [2.24, 2.45) is 0 Å². The number of nitrogens with one attached hydrogen (secondary N) is 1. The third-order valence-electron chi connectivity index (χ3n) is 6.67. The zero-order valence-corrected chi connectivity index (χ0v) is 24.0. The van der Waals surface area contributed by atoms with Crippen LogP contribution in [-0.2, 0) is 9.47 Å². The van der Waals surface area contributed by atoms with Crippen molar-refractivity contribution in [3.63, 3.8) is 0 Å². The van der Waals surface area contributed by atoms with E-state index in [1.807, 2.05) is 12.1 Å². The number of ether oxygens (including phenoxy) is 6. The van der Waals surface area contributed by atoms with E-state index in [0.29, 0.717) is 50.6 Å². The lowest BCUT2D eigenvalue weighted by Crippen LogP contribution is -2.51. The highest BCUT2D eigenvalue weighted by atomic mass is 35.5. The fourth-order valence-corrected chi connectivity index (χ4v) is 5.24. The zero-order valence-electron chi connectivity index (χ0n) is 23.2. The lowest BCUT2D eigenvalue weighted by atomic mass is 10.1. The minimum absolute atomic E-state index is 0.0572. The monoisotopic (exact) mass is 568 g/mol. The molecule has 1 N–H and O–H groups in total. The number of rotatable bonds is 8. The van der Waals surface area contributed by atoms with Crippen LogP contribution >= 0.6 is 11.6 Å². The van der Waals surface area contributed by atoms with Gasteiger partial charge < -0.3 is 33.7 Å². The number of methoxy groups -OCH3 is 2. The topological polar surface area (TPSA) is 96.4 Å². The number of hydrogen-bond donors (Lipinski definition) is 1. The Labute approximate surface area is 238 Å². The van der Waals surface area contributed by atoms with Gasteiger partial charge in [0.15, 0.2) is 29.2 Å². The number of halogens is 1. The molecule has 3 aromatic rings. The fourth-order valence-electron chi connectivity index (χ4n) is 5.00. The molecule has 0 amide bonds. The van der Waals surface area contributed by atoms with E-state index >= 15 is 0 Å². The van der Waals surface area contributed by atoms with Crippen LogP contribution in [0.25, 0.3) is 10.9 Å². The molecule has 5 rings (SSSR count). The Morgan fingerprint density at radius 2 is 1.88 bits per heavy atom. The summed E-state index contributed by atoms with van der Waals surface area (Å²) in [5.41, 5.74) is 1.82. The van der Waals surface area contributed by atoms with Crippen molar-refractivity contribution in [1.29, 1.82) is 0 Å². The van der Waals surface area contributed by atoms with E-state index in [-0.39, 0.29) is 31.8 Å². The van der Waals surface area contributed by atoms with Crippen LogP contribution in [0, 0.1) is 11.8 Å². The van der Waals surface area contributed by atoms with Gasteiger partial charge in [-0.3, -0.25) is 4.90 Å². The van der Waals surface area contributed by atoms with Gasteiger partial charge in [0.2, 0.25) is 6.79 Å². The van der Waals surface area contributed by atoms with Crippen molar-refractivity contribution in [2.45, 2.75) is 45.6 Å². The molecule has 2 aliphatic heterocycles. The second kappa shape index (κ2) is 12.4. The molecule has 11 heteroatoms. The van der Waals surface area contributed by atoms with E-state index in [1.165, 1.54) is 6.33 Å². The van der Waals surface area contributed by atoms with Gasteiger partial charge in [0.1, 0.15) is 24.4 Å². The third kappa shape index (κ3) is 5.83. The first kappa shape index (κ1) is 28.1. The van der Waals surface area contributed by atoms with E-state index in [2.05, 4.69) is 52.8 Å². The van der Waals surface area contributed by atoms with Crippen LogP contribution in [0.3, 0.4) is 0 Å². The summed E-state index contributed by atoms with van der Waals surface area (Å²) in [7, 11) is 3.20. The lowest BCUT2D eigenvalue weighted by molar-refractivity contribution is -0.113. The SMILES string of the molecule is CCC(Oc1cc2ncnc(Nc3c(Cl)cc(C#CCOC)c4c3OCO4)c2cc1OC)N1C[C@@H](C)O[C@@H](C)C1. The van der Waals surface area contributed by atoms with Crippen LogP contribution < -0.4 is 24.3 Å². The highest BCUT2D eigenvalue weighted by molar-refractivity contribution is 6.34. The number of nitrogens with zero attached hydrogens (tertiary/aromatic N) is 3. The molecular formula is C29H33ClN4O6. The fraction of sp³-hybridized carbons (Fsp3) is 0.448. The molecule has 3 heterocycles. The van der Waals surface area contributed by atoms with Crippen LogP contribution in [0.15, 0.2) is 24.5 Å². The highest BCUT2D eigenvalue weighted by Crippen LogP contribution is 2.47. The number of anilines is 2. The molecule has 0 radical (unpaired) electrons. The molecule has 40 heavy (non-hydrogen) atoms. The summed E-state index contributed by atoms with van der Waals surface area (Å²) in [4.78, 5) is 11.3. The quantitative estimate of drug-likeness (QED) is 0.374. The molecule has 0 bridgehead atoms. The Kier molecular flexibility index (Phi) is 8.66. The van der Waals surface area contributed by atoms with Gasteiger partial charge in [-0.15, -0.1) is 0 Å². The van der Waals surface area contributed by atoms with E-state index < -0.39 is 0 Å². The summed E-state index contributed by atoms with van der Waals surface area (Å²) >= 11 is 6.68. The van der Waals surface area contributed by atoms with Gasteiger partial charge >= 0.3 is 0 Å². The first-order chi connectivity index (χ1) is 19.4. The Balaban J connectivity index is 1.47. The number of benzene rings is 2. The van der Waals surface area contributed by atoms with Crippen LogP contribution in [0.5, 0.6) is 23.0 Å². The molecular weight excluding hydrogens is 536 g/mol. The molecule has 2 aromatic carbocycles. The summed E-state index contributed by atoms with van der Waals surface area (Å²) in [6.07, 6.45) is 2.42. The van der Waals surface area contributed by atoms with Crippen LogP contribution in [0.1, 0.15) is 32.8 Å². The van der Waals surface area contributed by atoms with Crippen molar-refractivity contribution in [2.75, 3.05) is 46.0 Å². The van der Waals surface area contributed by atoms with Gasteiger partial charge in [-0.1, -0.05) is 30.4 Å². The molecule has 1 aromatic heterocycles. The average molecular weight is 569 g/mol. The summed E-state index contributed by atoms with van der Waals surface area (Å²) in [5.74, 6) is 8.61. The number of aromatic nitrogens is 2. The summed E-state index contributed by atoms with van der Waals surface area (Å²) in [6.45, 7) is 8.21. The highest BCUT2D eigenvalue weighted by Gasteiger charge is 2.29. The van der Waals surface area contributed by atoms with E-state index in [0.717, 1.165) is 24.9 Å². The largest absolute Gasteiger partial charge is 0.493 e. The molecule has 212 valence electrons. The van der Waals surface area contributed by atoms with Gasteiger partial charge in [0.05, 0.1) is 35.4 Å². The number of fused-ring (bicyclic) bond motifs is 2. The smallest absolute Gasteiger partial charge is 0.231 e. The normalized spacial score (nSPS) is 19.1. The Morgan fingerprint density at radius 3 is 2.60 bits per heavy atom. The van der Waals surface area contributed by atoms with Crippen molar-refractivity contribution >= 4 is 34.0 Å². The molecule has 2 aliphatic rings. The molecule has 0 aliphatic carbocycles. The lowest BCUT2D eigenvalue weighted by Gasteiger charge is -2.39. The van der Waals surface area contributed by atoms with Gasteiger partial charge in [0, 0.05) is 31.7 Å². The van der Waals surface area contributed by atoms with Gasteiger partial charge in [-0.05, 0) is 32.4 Å². The summed E-state index contributed by atoms with van der Waals surface area (Å²) in [5, 5.41) is 4.44. The second-order valence-corrected chi connectivity index (χ2v) is 10.0. The Morgan fingerprint density at radius 1 is 1.10 bits per heavy atom. The van der Waals surface area contributed by atoms with Crippen molar-refractivity contribution in [1.82, 2.24) is 14.9 Å². The van der Waals surface area contributed by atoms with Gasteiger partial charge in [-0.25, -0.2) is 9.97 Å². The summed E-state index contributed by atoms with van der Waals surface area (Å²) in [6, 6.07) is 5.46. The van der Waals surface area contributed by atoms with Gasteiger partial charge in [-0.2, -0.15) is 0 Å². The predicted octanol–water partition coefficient (Wildman–Crippen LogP) is 4.99. The van der Waals surface area contributed by atoms with E-state index in [9.17, 15) is 0 Å². The second-order valence-electron chi connectivity index (χ2n) is 9.64. The first-order valence-corrected chi connectivity index (χ1v) is 13.5. The molecule has 1 unspecified atom stereocenters. The molecule has 1 saturated heterocycles.